The largest absolute Gasteiger partial charge is 0.339 e. The van der Waals surface area contributed by atoms with Crippen LogP contribution in [0.3, 0.4) is 0 Å². The number of nitrogens with one attached hydrogen (secondary N) is 2. The lowest BCUT2D eigenvalue weighted by Crippen LogP contribution is -2.04. The highest BCUT2D eigenvalue weighted by atomic mass is 19.1. The third kappa shape index (κ3) is 3.47. The number of hydrogen-bond donors (Lipinski definition) is 2. The van der Waals surface area contributed by atoms with Gasteiger partial charge in [0, 0.05) is 11.8 Å². The molecule has 0 spiro atoms. The third-order valence-electron chi connectivity index (χ3n) is 3.28. The molecule has 0 radical (unpaired) electrons. The van der Waals surface area contributed by atoms with Crippen molar-refractivity contribution < 1.29 is 4.39 Å². The van der Waals surface area contributed by atoms with Crippen LogP contribution in [-0.4, -0.2) is 9.97 Å². The Hall–Kier alpha value is -3.46. The monoisotopic (exact) mass is 319 g/mol. The molecule has 2 N–H and O–H groups in total. The molecule has 0 saturated carbocycles. The average Bonchev–Trinajstić information content (AvgIpc) is 2.57. The van der Waals surface area contributed by atoms with Crippen LogP contribution in [0.1, 0.15) is 11.3 Å². The summed E-state index contributed by atoms with van der Waals surface area (Å²) in [6.07, 6.45) is 0. The Morgan fingerprint density at radius 1 is 0.958 bits per heavy atom. The molecule has 0 aliphatic rings. The lowest BCUT2D eigenvalue weighted by Gasteiger charge is -2.11. The zero-order valence-electron chi connectivity index (χ0n) is 12.9. The molecule has 24 heavy (non-hydrogen) atoms. The maximum atomic E-state index is 13.8. The summed E-state index contributed by atoms with van der Waals surface area (Å²) in [5.74, 6) is 0.410. The van der Waals surface area contributed by atoms with Crippen LogP contribution in [0, 0.1) is 24.1 Å². The summed E-state index contributed by atoms with van der Waals surface area (Å²) in [4.78, 5) is 8.59. The normalized spacial score (nSPS) is 10.0. The van der Waals surface area contributed by atoms with Gasteiger partial charge in [0.2, 0.25) is 5.95 Å². The number of nitrogens with zero attached hydrogens (tertiary/aromatic N) is 3. The molecule has 1 heterocycles. The van der Waals surface area contributed by atoms with Gasteiger partial charge in [-0.3, -0.25) is 0 Å². The van der Waals surface area contributed by atoms with Gasteiger partial charge in [-0.05, 0) is 31.2 Å². The molecule has 0 saturated heterocycles. The molecule has 0 fully saturated rings. The van der Waals surface area contributed by atoms with Crippen molar-refractivity contribution in [3.8, 4) is 6.07 Å². The molecular formula is C18H14FN5. The number of aryl methyl sites for hydroxylation is 1. The SMILES string of the molecule is Cc1cc(Nc2ccccc2C#N)nc(Nc2ccccc2F)n1. The molecule has 0 aliphatic heterocycles. The number of benzene rings is 2. The first-order valence-electron chi connectivity index (χ1n) is 7.29. The fourth-order valence-electron chi connectivity index (χ4n) is 2.20. The standard InChI is InChI=1S/C18H14FN5/c1-12-10-17(22-15-8-4-2-6-13(15)11-20)24-18(21-12)23-16-9-5-3-7-14(16)19/h2-10H,1H3,(H2,21,22,23,24). The van der Waals surface area contributed by atoms with Crippen molar-refractivity contribution in [2.45, 2.75) is 6.92 Å². The Kier molecular flexibility index (Phi) is 4.34. The Morgan fingerprint density at radius 3 is 2.42 bits per heavy atom. The first-order chi connectivity index (χ1) is 11.7. The smallest absolute Gasteiger partial charge is 0.229 e. The minimum atomic E-state index is -0.382. The second-order valence-electron chi connectivity index (χ2n) is 5.11. The molecule has 0 aliphatic carbocycles. The van der Waals surface area contributed by atoms with Gasteiger partial charge in [-0.25, -0.2) is 9.37 Å². The van der Waals surface area contributed by atoms with Gasteiger partial charge in [0.25, 0.3) is 0 Å². The Bertz CT molecular complexity index is 917. The van der Waals surface area contributed by atoms with Crippen LogP contribution in [0.25, 0.3) is 0 Å². The summed E-state index contributed by atoms with van der Waals surface area (Å²) in [5.41, 5.74) is 2.17. The Balaban J connectivity index is 1.89. The lowest BCUT2D eigenvalue weighted by molar-refractivity contribution is 0.631. The molecule has 0 bridgehead atoms. The van der Waals surface area contributed by atoms with Crippen LogP contribution in [0.4, 0.5) is 27.5 Å². The van der Waals surface area contributed by atoms with Gasteiger partial charge in [0.05, 0.1) is 16.9 Å². The van der Waals surface area contributed by atoms with Crippen LogP contribution in [0.5, 0.6) is 0 Å². The van der Waals surface area contributed by atoms with Gasteiger partial charge >= 0.3 is 0 Å². The van der Waals surface area contributed by atoms with Crippen molar-refractivity contribution in [1.82, 2.24) is 9.97 Å². The van der Waals surface area contributed by atoms with Crippen molar-refractivity contribution in [3.05, 3.63) is 71.7 Å². The van der Waals surface area contributed by atoms with E-state index in [9.17, 15) is 4.39 Å². The highest BCUT2D eigenvalue weighted by molar-refractivity contribution is 5.65. The quantitative estimate of drug-likeness (QED) is 0.750. The number of rotatable bonds is 4. The van der Waals surface area contributed by atoms with E-state index in [1.807, 2.05) is 13.0 Å². The summed E-state index contributed by atoms with van der Waals surface area (Å²) in [6.45, 7) is 1.82. The predicted molar refractivity (Wildman–Crippen MR) is 90.9 cm³/mol. The number of aromatic nitrogens is 2. The first-order valence-corrected chi connectivity index (χ1v) is 7.29. The fourth-order valence-corrected chi connectivity index (χ4v) is 2.20. The minimum Gasteiger partial charge on any atom is -0.339 e. The topological polar surface area (TPSA) is 73.6 Å². The molecule has 1 aromatic heterocycles. The molecule has 0 amide bonds. The van der Waals surface area contributed by atoms with E-state index in [2.05, 4.69) is 26.7 Å². The van der Waals surface area contributed by atoms with Gasteiger partial charge in [-0.15, -0.1) is 0 Å². The third-order valence-corrected chi connectivity index (χ3v) is 3.28. The second-order valence-corrected chi connectivity index (χ2v) is 5.11. The highest BCUT2D eigenvalue weighted by Crippen LogP contribution is 2.22. The zero-order chi connectivity index (χ0) is 16.9. The van der Waals surface area contributed by atoms with Gasteiger partial charge in [0.15, 0.2) is 0 Å². The van der Waals surface area contributed by atoms with E-state index in [-0.39, 0.29) is 11.8 Å². The van der Waals surface area contributed by atoms with Crippen molar-refractivity contribution in [3.63, 3.8) is 0 Å². The van der Waals surface area contributed by atoms with E-state index < -0.39 is 0 Å². The first kappa shape index (κ1) is 15.4. The number of hydrogen-bond acceptors (Lipinski definition) is 5. The molecule has 0 atom stereocenters. The Morgan fingerprint density at radius 2 is 1.67 bits per heavy atom. The minimum absolute atomic E-state index is 0.275. The maximum absolute atomic E-state index is 13.8. The van der Waals surface area contributed by atoms with Gasteiger partial charge in [-0.1, -0.05) is 24.3 Å². The zero-order valence-corrected chi connectivity index (χ0v) is 12.9. The molecule has 3 aromatic rings. The van der Waals surface area contributed by atoms with Gasteiger partial charge in [0.1, 0.15) is 17.7 Å². The van der Waals surface area contributed by atoms with E-state index in [1.165, 1.54) is 6.07 Å². The molecule has 6 heteroatoms. The van der Waals surface area contributed by atoms with Crippen LogP contribution in [-0.2, 0) is 0 Å². The van der Waals surface area contributed by atoms with Crippen molar-refractivity contribution in [2.75, 3.05) is 10.6 Å². The summed E-state index contributed by atoms with van der Waals surface area (Å²) >= 11 is 0. The lowest BCUT2D eigenvalue weighted by atomic mass is 10.2. The summed E-state index contributed by atoms with van der Waals surface area (Å²) < 4.78 is 13.8. The number of para-hydroxylation sites is 2. The van der Waals surface area contributed by atoms with Gasteiger partial charge < -0.3 is 10.6 Å². The molecule has 3 rings (SSSR count). The highest BCUT2D eigenvalue weighted by Gasteiger charge is 2.07. The Labute approximate surface area is 138 Å². The van der Waals surface area contributed by atoms with Crippen molar-refractivity contribution >= 4 is 23.1 Å². The average molecular weight is 319 g/mol. The van der Waals surface area contributed by atoms with E-state index >= 15 is 0 Å². The van der Waals surface area contributed by atoms with E-state index in [4.69, 9.17) is 5.26 Å². The molecular weight excluding hydrogens is 305 g/mol. The van der Waals surface area contributed by atoms with Crippen LogP contribution in [0.15, 0.2) is 54.6 Å². The predicted octanol–water partition coefficient (Wildman–Crippen LogP) is 4.28. The number of nitriles is 1. The van der Waals surface area contributed by atoms with Crippen LogP contribution < -0.4 is 10.6 Å². The van der Waals surface area contributed by atoms with Gasteiger partial charge in [-0.2, -0.15) is 10.2 Å². The molecule has 0 unspecified atom stereocenters. The molecule has 5 nitrogen and oxygen atoms in total. The van der Waals surface area contributed by atoms with Crippen molar-refractivity contribution in [1.29, 1.82) is 5.26 Å². The summed E-state index contributed by atoms with van der Waals surface area (Å²) in [7, 11) is 0. The number of anilines is 4. The molecule has 118 valence electrons. The summed E-state index contributed by atoms with van der Waals surface area (Å²) in [5, 5.41) is 15.1. The van der Waals surface area contributed by atoms with E-state index in [0.29, 0.717) is 28.5 Å². The number of halogens is 1. The van der Waals surface area contributed by atoms with Crippen LogP contribution >= 0.6 is 0 Å². The van der Waals surface area contributed by atoms with E-state index in [0.717, 1.165) is 0 Å². The second kappa shape index (κ2) is 6.75. The summed E-state index contributed by atoms with van der Waals surface area (Å²) in [6, 6.07) is 17.3. The maximum Gasteiger partial charge on any atom is 0.229 e. The van der Waals surface area contributed by atoms with Crippen LogP contribution in [0.2, 0.25) is 0 Å². The van der Waals surface area contributed by atoms with Crippen molar-refractivity contribution in [2.24, 2.45) is 0 Å². The fraction of sp³-hybridized carbons (Fsp3) is 0.0556. The van der Waals surface area contributed by atoms with E-state index in [1.54, 1.807) is 42.5 Å². The molecule has 2 aromatic carbocycles.